The Hall–Kier alpha value is -3.92. The number of rotatable bonds is 8. The third kappa shape index (κ3) is 5.61. The predicted octanol–water partition coefficient (Wildman–Crippen LogP) is 6.54. The summed E-state index contributed by atoms with van der Waals surface area (Å²) in [5.74, 6) is -0.221. The summed E-state index contributed by atoms with van der Waals surface area (Å²) >= 11 is 0. The molecule has 0 aliphatic carbocycles. The third-order valence-corrected chi connectivity index (χ3v) is 4.94. The maximum Gasteiger partial charge on any atom is 0.339 e. The molecule has 4 heteroatoms. The number of ether oxygens (including phenoxy) is 2. The first-order valence-electron chi connectivity index (χ1n) is 10.4. The van der Waals surface area contributed by atoms with Crippen LogP contribution in [-0.2, 0) is 4.74 Å². The molecule has 3 rings (SSSR count). The molecule has 0 N–H and O–H groups in total. The van der Waals surface area contributed by atoms with Gasteiger partial charge in [-0.1, -0.05) is 72.8 Å². The first-order chi connectivity index (χ1) is 15.5. The molecule has 4 nitrogen and oxygen atoms in total. The molecule has 32 heavy (non-hydrogen) atoms. The second kappa shape index (κ2) is 10.9. The van der Waals surface area contributed by atoms with E-state index in [1.54, 1.807) is 43.5 Å². The van der Waals surface area contributed by atoms with E-state index < -0.39 is 12.1 Å². The molecule has 0 heterocycles. The van der Waals surface area contributed by atoms with Crippen LogP contribution in [0.5, 0.6) is 5.75 Å². The van der Waals surface area contributed by atoms with Crippen molar-refractivity contribution in [1.29, 1.82) is 0 Å². The number of hydrogen-bond donors (Lipinski definition) is 0. The number of carbonyl (C=O) groups is 2. The average molecular weight is 427 g/mol. The number of Topliss-reactive ketones (excluding diaryl/α,β-unsaturated/α-hetero) is 1. The summed E-state index contributed by atoms with van der Waals surface area (Å²) < 4.78 is 10.9. The molecule has 0 bridgehead atoms. The molecule has 0 aliphatic heterocycles. The van der Waals surface area contributed by atoms with Crippen molar-refractivity contribution in [2.45, 2.75) is 20.0 Å². The lowest BCUT2D eigenvalue weighted by Crippen LogP contribution is -2.20. The molecule has 3 aromatic carbocycles. The molecule has 1 unspecified atom stereocenters. The molecule has 1 atom stereocenters. The number of benzene rings is 3. The van der Waals surface area contributed by atoms with E-state index in [1.165, 1.54) is 0 Å². The van der Waals surface area contributed by atoms with Crippen molar-refractivity contribution in [3.63, 3.8) is 0 Å². The summed E-state index contributed by atoms with van der Waals surface area (Å²) in [5, 5.41) is 0. The van der Waals surface area contributed by atoms with Crippen LogP contribution in [0.2, 0.25) is 0 Å². The summed E-state index contributed by atoms with van der Waals surface area (Å²) in [5.41, 5.74) is 3.43. The number of methoxy groups -OCH3 is 1. The van der Waals surface area contributed by atoms with E-state index in [9.17, 15) is 9.59 Å². The molecule has 0 amide bonds. The third-order valence-electron chi connectivity index (χ3n) is 4.94. The molecule has 3 aromatic rings. The first kappa shape index (κ1) is 22.8. The van der Waals surface area contributed by atoms with Crippen molar-refractivity contribution in [3.8, 4) is 5.75 Å². The first-order valence-corrected chi connectivity index (χ1v) is 10.4. The Kier molecular flexibility index (Phi) is 7.76. The standard InChI is InChI=1S/C28H26O4/c1-4-6-20-8-12-22(13-9-20)26(29)27(23-14-10-21(7-5-2)11-15-23)32-28(30)24-16-18-25(31-3)19-17-24/h4-19,27H,1-3H3/b6-4+,7-5+. The van der Waals surface area contributed by atoms with Gasteiger partial charge in [-0.25, -0.2) is 4.79 Å². The molecule has 0 aliphatic rings. The number of allylic oxidation sites excluding steroid dienone is 2. The van der Waals surface area contributed by atoms with E-state index in [1.807, 2.05) is 74.5 Å². The SMILES string of the molecule is C/C=C/c1ccc(C(=O)C(OC(=O)c2ccc(OC)cc2)c2ccc(/C=C/C)cc2)cc1. The summed E-state index contributed by atoms with van der Waals surface area (Å²) in [6.45, 7) is 3.87. The molecule has 0 aromatic heterocycles. The highest BCUT2D eigenvalue weighted by Gasteiger charge is 2.27. The Balaban J connectivity index is 1.92. The Morgan fingerprint density at radius 2 is 1.22 bits per heavy atom. The van der Waals surface area contributed by atoms with E-state index in [-0.39, 0.29) is 5.78 Å². The normalized spacial score (nSPS) is 12.1. The Morgan fingerprint density at radius 3 is 1.72 bits per heavy atom. The Labute approximate surface area is 188 Å². The van der Waals surface area contributed by atoms with E-state index in [2.05, 4.69) is 0 Å². The van der Waals surface area contributed by atoms with Gasteiger partial charge in [-0.2, -0.15) is 0 Å². The molecule has 0 fully saturated rings. The van der Waals surface area contributed by atoms with Crippen LogP contribution in [0, 0.1) is 0 Å². The van der Waals surface area contributed by atoms with Crippen LogP contribution in [0.25, 0.3) is 12.2 Å². The minimum atomic E-state index is -1.06. The number of esters is 1. The monoisotopic (exact) mass is 426 g/mol. The molecule has 0 saturated heterocycles. The fourth-order valence-electron chi connectivity index (χ4n) is 3.25. The minimum Gasteiger partial charge on any atom is -0.497 e. The second-order valence-electron chi connectivity index (χ2n) is 7.17. The van der Waals surface area contributed by atoms with Crippen LogP contribution >= 0.6 is 0 Å². The molecule has 162 valence electrons. The van der Waals surface area contributed by atoms with Crippen LogP contribution in [0.3, 0.4) is 0 Å². The predicted molar refractivity (Wildman–Crippen MR) is 128 cm³/mol. The van der Waals surface area contributed by atoms with E-state index >= 15 is 0 Å². The maximum absolute atomic E-state index is 13.4. The zero-order valence-corrected chi connectivity index (χ0v) is 18.4. The van der Waals surface area contributed by atoms with Crippen LogP contribution in [0.15, 0.2) is 84.9 Å². The topological polar surface area (TPSA) is 52.6 Å². The van der Waals surface area contributed by atoms with Gasteiger partial charge in [0.1, 0.15) is 5.75 Å². The fraction of sp³-hybridized carbons (Fsp3) is 0.143. The lowest BCUT2D eigenvalue weighted by Gasteiger charge is -2.18. The minimum absolute atomic E-state index is 0.280. The van der Waals surface area contributed by atoms with Crippen molar-refractivity contribution in [1.82, 2.24) is 0 Å². The summed E-state index contributed by atoms with van der Waals surface area (Å²) in [7, 11) is 1.56. The lowest BCUT2D eigenvalue weighted by atomic mass is 9.97. The quantitative estimate of drug-likeness (QED) is 0.303. The van der Waals surface area contributed by atoms with Crippen molar-refractivity contribution in [2.75, 3.05) is 7.11 Å². The van der Waals surface area contributed by atoms with Crippen molar-refractivity contribution < 1.29 is 19.1 Å². The Bertz CT molecular complexity index is 1110. The van der Waals surface area contributed by atoms with Gasteiger partial charge in [0.05, 0.1) is 12.7 Å². The zero-order valence-electron chi connectivity index (χ0n) is 18.4. The Morgan fingerprint density at radius 1 is 0.719 bits per heavy atom. The van der Waals surface area contributed by atoms with Crippen molar-refractivity contribution >= 4 is 23.9 Å². The highest BCUT2D eigenvalue weighted by molar-refractivity contribution is 6.02. The van der Waals surface area contributed by atoms with Gasteiger partial charge in [0.15, 0.2) is 6.10 Å². The largest absolute Gasteiger partial charge is 0.497 e. The number of ketones is 1. The van der Waals surface area contributed by atoms with Gasteiger partial charge in [0, 0.05) is 11.1 Å². The summed E-state index contributed by atoms with van der Waals surface area (Å²) in [4.78, 5) is 26.2. The van der Waals surface area contributed by atoms with Gasteiger partial charge >= 0.3 is 5.97 Å². The van der Waals surface area contributed by atoms with Gasteiger partial charge < -0.3 is 9.47 Å². The highest BCUT2D eigenvalue weighted by Crippen LogP contribution is 2.26. The zero-order chi connectivity index (χ0) is 22.9. The van der Waals surface area contributed by atoms with Crippen LogP contribution in [-0.4, -0.2) is 18.9 Å². The molecule has 0 spiro atoms. The second-order valence-corrected chi connectivity index (χ2v) is 7.17. The van der Waals surface area contributed by atoms with Gasteiger partial charge in [-0.05, 0) is 49.2 Å². The average Bonchev–Trinajstić information content (AvgIpc) is 2.83. The summed E-state index contributed by atoms with van der Waals surface area (Å²) in [6.07, 6.45) is 6.73. The maximum atomic E-state index is 13.4. The van der Waals surface area contributed by atoms with Gasteiger partial charge in [-0.3, -0.25) is 4.79 Å². The smallest absolute Gasteiger partial charge is 0.339 e. The number of hydrogen-bond acceptors (Lipinski definition) is 4. The van der Waals surface area contributed by atoms with Crippen LogP contribution in [0.1, 0.15) is 57.4 Å². The van der Waals surface area contributed by atoms with E-state index in [0.717, 1.165) is 11.1 Å². The van der Waals surface area contributed by atoms with Crippen LogP contribution in [0.4, 0.5) is 0 Å². The van der Waals surface area contributed by atoms with E-state index in [4.69, 9.17) is 9.47 Å². The molecular weight excluding hydrogens is 400 g/mol. The van der Waals surface area contributed by atoms with Crippen molar-refractivity contribution in [3.05, 3.63) is 113 Å². The van der Waals surface area contributed by atoms with Gasteiger partial charge in [0.25, 0.3) is 0 Å². The van der Waals surface area contributed by atoms with Crippen molar-refractivity contribution in [2.24, 2.45) is 0 Å². The molecular formula is C28H26O4. The van der Waals surface area contributed by atoms with Crippen LogP contribution < -0.4 is 4.74 Å². The molecule has 0 saturated carbocycles. The molecule has 0 radical (unpaired) electrons. The van der Waals surface area contributed by atoms with E-state index in [0.29, 0.717) is 22.4 Å². The summed E-state index contributed by atoms with van der Waals surface area (Å²) in [6, 6.07) is 21.2. The van der Waals surface area contributed by atoms with Gasteiger partial charge in [-0.15, -0.1) is 0 Å². The number of carbonyl (C=O) groups excluding carboxylic acids is 2. The van der Waals surface area contributed by atoms with Gasteiger partial charge in [0.2, 0.25) is 5.78 Å². The highest BCUT2D eigenvalue weighted by atomic mass is 16.5. The fourth-order valence-corrected chi connectivity index (χ4v) is 3.25. The lowest BCUT2D eigenvalue weighted by molar-refractivity contribution is 0.0280.